The number of aliphatic hydroxyl groups excluding tert-OH is 1. The zero-order chi connectivity index (χ0) is 28.1. The zero-order valence-corrected chi connectivity index (χ0v) is 21.5. The van der Waals surface area contributed by atoms with Gasteiger partial charge in [-0.1, -0.05) is 12.1 Å². The van der Waals surface area contributed by atoms with E-state index in [-0.39, 0.29) is 25.0 Å². The second-order valence-electron chi connectivity index (χ2n) is 8.45. The molecule has 0 aliphatic carbocycles. The van der Waals surface area contributed by atoms with Crippen LogP contribution < -0.4 is 27.4 Å². The van der Waals surface area contributed by atoms with Gasteiger partial charge in [-0.25, -0.2) is 4.79 Å². The molecule has 0 fully saturated rings. The van der Waals surface area contributed by atoms with Gasteiger partial charge in [-0.2, -0.15) is 11.8 Å². The number of hydrogen-bond donors (Lipinski definition) is 8. The normalized spacial score (nSPS) is 14.9. The molecule has 13 nitrogen and oxygen atoms in total. The van der Waals surface area contributed by atoms with Crippen LogP contribution in [0.4, 0.5) is 0 Å². The van der Waals surface area contributed by atoms with Crippen molar-refractivity contribution in [2.24, 2.45) is 11.5 Å². The Labute approximate surface area is 218 Å². The molecule has 1 aromatic carbocycles. The van der Waals surface area contributed by atoms with Gasteiger partial charge in [0, 0.05) is 12.8 Å². The second kappa shape index (κ2) is 15.7. The van der Waals surface area contributed by atoms with Gasteiger partial charge < -0.3 is 42.7 Å². The van der Waals surface area contributed by atoms with E-state index in [2.05, 4.69) is 16.0 Å². The number of phenolic OH excluding ortho intramolecular Hbond substituents is 1. The highest BCUT2D eigenvalue weighted by Gasteiger charge is 2.32. The van der Waals surface area contributed by atoms with Crippen LogP contribution in [0, 0.1) is 0 Å². The third-order valence-corrected chi connectivity index (χ3v) is 5.98. The molecule has 0 aliphatic heterocycles. The van der Waals surface area contributed by atoms with E-state index < -0.39 is 59.9 Å². The highest BCUT2D eigenvalue weighted by Crippen LogP contribution is 2.12. The molecule has 0 saturated heterocycles. The first-order chi connectivity index (χ1) is 17.3. The largest absolute Gasteiger partial charge is 0.508 e. The number of primary amides is 1. The van der Waals surface area contributed by atoms with E-state index in [0.717, 1.165) is 0 Å². The molecule has 0 saturated carbocycles. The van der Waals surface area contributed by atoms with Gasteiger partial charge in [0.2, 0.25) is 23.6 Å². The van der Waals surface area contributed by atoms with Crippen LogP contribution in [0.3, 0.4) is 0 Å². The van der Waals surface area contributed by atoms with E-state index in [9.17, 15) is 39.3 Å². The first-order valence-corrected chi connectivity index (χ1v) is 12.9. The number of carbonyl (C=O) groups is 5. The van der Waals surface area contributed by atoms with E-state index >= 15 is 0 Å². The third-order valence-electron chi connectivity index (χ3n) is 5.34. The summed E-state index contributed by atoms with van der Waals surface area (Å²) in [7, 11) is 0. The first kappa shape index (κ1) is 31.7. The molecule has 14 heteroatoms. The number of benzene rings is 1. The number of phenols is 1. The Morgan fingerprint density at radius 3 is 2.03 bits per heavy atom. The van der Waals surface area contributed by atoms with E-state index in [0.29, 0.717) is 17.7 Å². The lowest BCUT2D eigenvalue weighted by Crippen LogP contribution is -2.58. The van der Waals surface area contributed by atoms with Crippen LogP contribution in [0.15, 0.2) is 24.3 Å². The van der Waals surface area contributed by atoms with Gasteiger partial charge in [-0.05, 0) is 49.5 Å². The fourth-order valence-electron chi connectivity index (χ4n) is 3.20. The summed E-state index contributed by atoms with van der Waals surface area (Å²) in [4.78, 5) is 61.3. The molecule has 37 heavy (non-hydrogen) atoms. The van der Waals surface area contributed by atoms with Crippen molar-refractivity contribution >= 4 is 41.4 Å². The number of aliphatic carboxylic acids is 1. The Morgan fingerprint density at radius 2 is 1.51 bits per heavy atom. The molecule has 10 N–H and O–H groups in total. The van der Waals surface area contributed by atoms with Crippen molar-refractivity contribution in [3.8, 4) is 5.75 Å². The van der Waals surface area contributed by atoms with Crippen LogP contribution in [0.2, 0.25) is 0 Å². The van der Waals surface area contributed by atoms with Gasteiger partial charge >= 0.3 is 5.97 Å². The molecule has 0 bridgehead atoms. The topological polar surface area (TPSA) is 234 Å². The Hall–Kier alpha value is -3.36. The van der Waals surface area contributed by atoms with Gasteiger partial charge in [0.25, 0.3) is 0 Å². The molecule has 0 aliphatic rings. The monoisotopic (exact) mass is 541 g/mol. The van der Waals surface area contributed by atoms with Crippen molar-refractivity contribution in [2.45, 2.75) is 62.9 Å². The molecule has 1 aromatic rings. The molecular weight excluding hydrogens is 506 g/mol. The average molecular weight is 542 g/mol. The maximum atomic E-state index is 13.2. The number of thioether (sulfide) groups is 1. The molecule has 4 amide bonds. The van der Waals surface area contributed by atoms with E-state index in [1.165, 1.54) is 30.8 Å². The molecule has 5 unspecified atom stereocenters. The van der Waals surface area contributed by atoms with Crippen LogP contribution in [0.25, 0.3) is 0 Å². The number of hydrogen-bond acceptors (Lipinski definition) is 9. The van der Waals surface area contributed by atoms with Crippen molar-refractivity contribution < 1.29 is 39.3 Å². The van der Waals surface area contributed by atoms with Crippen LogP contribution >= 0.6 is 11.8 Å². The molecule has 206 valence electrons. The number of rotatable bonds is 16. The fraction of sp³-hybridized carbons (Fsp3) is 0.522. The lowest BCUT2D eigenvalue weighted by atomic mass is 10.0. The van der Waals surface area contributed by atoms with E-state index in [4.69, 9.17) is 11.5 Å². The summed E-state index contributed by atoms with van der Waals surface area (Å²) in [6.45, 7) is 1.17. The Morgan fingerprint density at radius 1 is 0.946 bits per heavy atom. The number of nitrogens with one attached hydrogen (secondary N) is 3. The highest BCUT2D eigenvalue weighted by atomic mass is 32.2. The SMILES string of the molecule is CSCCC(N)C(=O)NC(Cc1ccc(O)cc1)C(=O)NC(CCC(N)=O)C(=O)NC(C(=O)O)C(C)O. The maximum absolute atomic E-state index is 13.2. The summed E-state index contributed by atoms with van der Waals surface area (Å²) >= 11 is 1.50. The summed E-state index contributed by atoms with van der Waals surface area (Å²) in [6.07, 6.45) is 0.183. The molecule has 5 atom stereocenters. The van der Waals surface area contributed by atoms with Crippen molar-refractivity contribution in [1.82, 2.24) is 16.0 Å². The molecule has 0 spiro atoms. The number of carboxylic acids is 1. The van der Waals surface area contributed by atoms with Gasteiger partial charge in [-0.15, -0.1) is 0 Å². The Bertz CT molecular complexity index is 944. The van der Waals surface area contributed by atoms with Crippen molar-refractivity contribution in [3.05, 3.63) is 29.8 Å². The molecule has 0 heterocycles. The maximum Gasteiger partial charge on any atom is 0.328 e. The van der Waals surface area contributed by atoms with Crippen molar-refractivity contribution in [2.75, 3.05) is 12.0 Å². The lowest BCUT2D eigenvalue weighted by molar-refractivity contribution is -0.145. The summed E-state index contributed by atoms with van der Waals surface area (Å²) in [5.74, 6) is -3.99. The molecule has 0 aromatic heterocycles. The minimum Gasteiger partial charge on any atom is -0.508 e. The van der Waals surface area contributed by atoms with Gasteiger partial charge in [0.15, 0.2) is 6.04 Å². The van der Waals surface area contributed by atoms with Crippen LogP contribution in [-0.2, 0) is 30.4 Å². The van der Waals surface area contributed by atoms with Crippen LogP contribution in [0.5, 0.6) is 5.75 Å². The number of carboxylic acid groups (broad SMARTS) is 1. The number of aromatic hydroxyl groups is 1. The summed E-state index contributed by atoms with van der Waals surface area (Å²) in [5.41, 5.74) is 11.7. The number of nitrogens with two attached hydrogens (primary N) is 2. The molecule has 1 rings (SSSR count). The van der Waals surface area contributed by atoms with Crippen molar-refractivity contribution in [3.63, 3.8) is 0 Å². The minimum absolute atomic E-state index is 0.00200. The zero-order valence-electron chi connectivity index (χ0n) is 20.7. The average Bonchev–Trinajstić information content (AvgIpc) is 2.83. The Kier molecular flexibility index (Phi) is 13.4. The third kappa shape index (κ3) is 11.5. The second-order valence-corrected chi connectivity index (χ2v) is 9.44. The molecular formula is C23H35N5O8S. The van der Waals surface area contributed by atoms with Crippen molar-refractivity contribution in [1.29, 1.82) is 0 Å². The van der Waals surface area contributed by atoms with Gasteiger partial charge in [0.05, 0.1) is 12.1 Å². The number of aliphatic hydroxyl groups is 1. The predicted molar refractivity (Wildman–Crippen MR) is 136 cm³/mol. The summed E-state index contributed by atoms with van der Waals surface area (Å²) < 4.78 is 0. The summed E-state index contributed by atoms with van der Waals surface area (Å²) in [6, 6.07) is 0.752. The highest BCUT2D eigenvalue weighted by molar-refractivity contribution is 7.98. The Balaban J connectivity index is 3.15. The lowest BCUT2D eigenvalue weighted by Gasteiger charge is -2.26. The fourth-order valence-corrected chi connectivity index (χ4v) is 3.69. The van der Waals surface area contributed by atoms with E-state index in [1.54, 1.807) is 12.1 Å². The standard InChI is InChI=1S/C23H35N5O8S/c1-12(29)19(23(35)36)28-21(33)16(7-8-18(25)31)26-22(34)17(11-13-3-5-14(30)6-4-13)27-20(32)15(24)9-10-37-2/h3-6,12,15-17,19,29-30H,7-11,24H2,1-2H3,(H2,25,31)(H,26,34)(H,27,32)(H,28,33)(H,35,36). The van der Waals surface area contributed by atoms with E-state index in [1.807, 2.05) is 6.26 Å². The first-order valence-electron chi connectivity index (χ1n) is 11.5. The number of carbonyl (C=O) groups excluding carboxylic acids is 4. The minimum atomic E-state index is -1.66. The molecule has 0 radical (unpaired) electrons. The van der Waals surface area contributed by atoms with Crippen LogP contribution in [-0.4, -0.2) is 87.2 Å². The van der Waals surface area contributed by atoms with Crippen LogP contribution in [0.1, 0.15) is 31.7 Å². The number of amides is 4. The summed E-state index contributed by atoms with van der Waals surface area (Å²) in [5, 5.41) is 35.6. The van der Waals surface area contributed by atoms with Gasteiger partial charge in [-0.3, -0.25) is 19.2 Å². The predicted octanol–water partition coefficient (Wildman–Crippen LogP) is -1.80. The smallest absolute Gasteiger partial charge is 0.328 e. The quantitative estimate of drug-likeness (QED) is 0.117. The van der Waals surface area contributed by atoms with Gasteiger partial charge in [0.1, 0.15) is 17.8 Å².